The number of benzene rings is 3. The van der Waals surface area contributed by atoms with Gasteiger partial charge in [-0.1, -0.05) is 41.9 Å². The molecule has 1 aliphatic heterocycles. The second-order valence-corrected chi connectivity index (χ2v) is 8.91. The lowest BCUT2D eigenvalue weighted by Crippen LogP contribution is -2.17. The van der Waals surface area contributed by atoms with E-state index in [1.165, 1.54) is 17.3 Å². The number of aromatic nitrogens is 1. The minimum absolute atomic E-state index is 0.0683. The Labute approximate surface area is 195 Å². The van der Waals surface area contributed by atoms with Crippen molar-refractivity contribution in [1.29, 1.82) is 0 Å². The zero-order valence-corrected chi connectivity index (χ0v) is 18.8. The summed E-state index contributed by atoms with van der Waals surface area (Å²) < 4.78 is 13.3. The Balaban J connectivity index is 1.29. The molecule has 3 aromatic carbocycles. The molecule has 1 N–H and O–H groups in total. The first-order chi connectivity index (χ1) is 15.7. The lowest BCUT2D eigenvalue weighted by atomic mass is 10.2. The number of nitrogens with zero attached hydrogens (tertiary/aromatic N) is 1. The van der Waals surface area contributed by atoms with Crippen molar-refractivity contribution in [3.8, 4) is 11.5 Å². The summed E-state index contributed by atoms with van der Waals surface area (Å²) in [6, 6.07) is 21.6. The molecule has 0 bridgehead atoms. The SMILES string of the molecule is O=C(CSc1cn(Cc2ccc(Cl)cc2)c2ccccc12)Nc1ccc2c(c1)OCCO2. The molecule has 0 saturated carbocycles. The topological polar surface area (TPSA) is 52.5 Å². The predicted octanol–water partition coefficient (Wildman–Crippen LogP) is 5.85. The van der Waals surface area contributed by atoms with Gasteiger partial charge in [0.25, 0.3) is 0 Å². The minimum Gasteiger partial charge on any atom is -0.486 e. The third kappa shape index (κ3) is 4.56. The maximum Gasteiger partial charge on any atom is 0.234 e. The first kappa shape index (κ1) is 20.8. The maximum atomic E-state index is 12.6. The van der Waals surface area contributed by atoms with Crippen LogP contribution in [0.2, 0.25) is 5.02 Å². The largest absolute Gasteiger partial charge is 0.486 e. The van der Waals surface area contributed by atoms with E-state index < -0.39 is 0 Å². The van der Waals surface area contributed by atoms with Crippen molar-refractivity contribution in [3.63, 3.8) is 0 Å². The Morgan fingerprint density at radius 2 is 1.78 bits per heavy atom. The quantitative estimate of drug-likeness (QED) is 0.364. The number of anilines is 1. The highest BCUT2D eigenvalue weighted by Crippen LogP contribution is 2.33. The molecule has 4 aromatic rings. The Bertz CT molecular complexity index is 1270. The van der Waals surface area contributed by atoms with E-state index in [9.17, 15) is 4.79 Å². The fourth-order valence-corrected chi connectivity index (χ4v) is 4.72. The van der Waals surface area contributed by atoms with E-state index in [1.54, 1.807) is 6.07 Å². The monoisotopic (exact) mass is 464 g/mol. The van der Waals surface area contributed by atoms with Gasteiger partial charge in [0.1, 0.15) is 13.2 Å². The molecular weight excluding hydrogens is 444 g/mol. The van der Waals surface area contributed by atoms with Crippen LogP contribution in [0.1, 0.15) is 5.56 Å². The zero-order chi connectivity index (χ0) is 21.9. The molecule has 0 fully saturated rings. The van der Waals surface area contributed by atoms with Crippen molar-refractivity contribution in [1.82, 2.24) is 4.57 Å². The normalized spacial score (nSPS) is 12.7. The molecule has 162 valence electrons. The van der Waals surface area contributed by atoms with E-state index in [0.717, 1.165) is 27.4 Å². The van der Waals surface area contributed by atoms with Gasteiger partial charge in [-0.2, -0.15) is 0 Å². The Morgan fingerprint density at radius 1 is 1.00 bits per heavy atom. The maximum absolute atomic E-state index is 12.6. The Hall–Kier alpha value is -3.09. The van der Waals surface area contributed by atoms with Gasteiger partial charge in [0.05, 0.1) is 5.75 Å². The van der Waals surface area contributed by atoms with Gasteiger partial charge < -0.3 is 19.4 Å². The fourth-order valence-electron chi connectivity index (χ4n) is 3.71. The Morgan fingerprint density at radius 3 is 2.62 bits per heavy atom. The number of carbonyl (C=O) groups is 1. The van der Waals surface area contributed by atoms with E-state index in [0.29, 0.717) is 36.2 Å². The number of fused-ring (bicyclic) bond motifs is 2. The van der Waals surface area contributed by atoms with Crippen LogP contribution in [0.15, 0.2) is 77.8 Å². The summed E-state index contributed by atoms with van der Waals surface area (Å²) >= 11 is 7.55. The molecule has 0 aliphatic carbocycles. The number of hydrogen-bond donors (Lipinski definition) is 1. The number of amides is 1. The molecule has 32 heavy (non-hydrogen) atoms. The van der Waals surface area contributed by atoms with Gasteiger partial charge in [-0.25, -0.2) is 0 Å². The first-order valence-corrected chi connectivity index (χ1v) is 11.7. The summed E-state index contributed by atoms with van der Waals surface area (Å²) in [5.74, 6) is 1.61. The molecule has 0 radical (unpaired) electrons. The third-order valence-electron chi connectivity index (χ3n) is 5.20. The highest BCUT2D eigenvalue weighted by Gasteiger charge is 2.14. The van der Waals surface area contributed by atoms with Gasteiger partial charge in [-0.05, 0) is 35.9 Å². The molecule has 5 rings (SSSR count). The van der Waals surface area contributed by atoms with Crippen LogP contribution in [0.5, 0.6) is 11.5 Å². The van der Waals surface area contributed by atoms with Gasteiger partial charge in [-0.3, -0.25) is 4.79 Å². The Kier molecular flexibility index (Phi) is 5.97. The highest BCUT2D eigenvalue weighted by atomic mass is 35.5. The third-order valence-corrected chi connectivity index (χ3v) is 6.50. The smallest absolute Gasteiger partial charge is 0.234 e. The molecule has 0 atom stereocenters. The van der Waals surface area contributed by atoms with Crippen molar-refractivity contribution >= 4 is 45.9 Å². The lowest BCUT2D eigenvalue weighted by Gasteiger charge is -2.19. The van der Waals surface area contributed by atoms with E-state index >= 15 is 0 Å². The summed E-state index contributed by atoms with van der Waals surface area (Å²) in [4.78, 5) is 13.7. The number of rotatable bonds is 6. The van der Waals surface area contributed by atoms with Crippen LogP contribution >= 0.6 is 23.4 Å². The van der Waals surface area contributed by atoms with Crippen LogP contribution in [0.4, 0.5) is 5.69 Å². The van der Waals surface area contributed by atoms with E-state index in [-0.39, 0.29) is 5.91 Å². The van der Waals surface area contributed by atoms with Crippen LogP contribution in [0.25, 0.3) is 10.9 Å². The molecule has 5 nitrogen and oxygen atoms in total. The van der Waals surface area contributed by atoms with Gasteiger partial charge in [0.15, 0.2) is 11.5 Å². The van der Waals surface area contributed by atoms with Crippen molar-refractivity contribution in [2.24, 2.45) is 0 Å². The molecule has 7 heteroatoms. The van der Waals surface area contributed by atoms with Gasteiger partial charge in [0, 0.05) is 45.3 Å². The number of halogens is 1. The second-order valence-electron chi connectivity index (χ2n) is 7.46. The molecular formula is C25H21ClN2O3S. The van der Waals surface area contributed by atoms with Gasteiger partial charge in [-0.15, -0.1) is 11.8 Å². The van der Waals surface area contributed by atoms with Crippen LogP contribution in [-0.4, -0.2) is 29.4 Å². The molecule has 0 unspecified atom stereocenters. The molecule has 0 spiro atoms. The van der Waals surface area contributed by atoms with Crippen molar-refractivity contribution in [2.75, 3.05) is 24.3 Å². The highest BCUT2D eigenvalue weighted by molar-refractivity contribution is 8.00. The fraction of sp³-hybridized carbons (Fsp3) is 0.160. The summed E-state index contributed by atoms with van der Waals surface area (Å²) in [5.41, 5.74) is 3.00. The van der Waals surface area contributed by atoms with Gasteiger partial charge in [0.2, 0.25) is 5.91 Å². The summed E-state index contributed by atoms with van der Waals surface area (Å²) in [5, 5.41) is 4.81. The van der Waals surface area contributed by atoms with Gasteiger partial charge >= 0.3 is 0 Å². The predicted molar refractivity (Wildman–Crippen MR) is 129 cm³/mol. The molecule has 1 aliphatic rings. The van der Waals surface area contributed by atoms with E-state index in [2.05, 4.69) is 28.2 Å². The van der Waals surface area contributed by atoms with Crippen LogP contribution in [0.3, 0.4) is 0 Å². The lowest BCUT2D eigenvalue weighted by molar-refractivity contribution is -0.113. The summed E-state index contributed by atoms with van der Waals surface area (Å²) in [6.07, 6.45) is 2.11. The number of para-hydroxylation sites is 1. The standard InChI is InChI=1S/C25H21ClN2O3S/c26-18-7-5-17(6-8-18)14-28-15-24(20-3-1-2-4-21(20)28)32-16-25(29)27-19-9-10-22-23(13-19)31-12-11-30-22/h1-10,13,15H,11-12,14,16H2,(H,27,29). The van der Waals surface area contributed by atoms with E-state index in [4.69, 9.17) is 21.1 Å². The van der Waals surface area contributed by atoms with Crippen LogP contribution in [0, 0.1) is 0 Å². The molecule has 1 aromatic heterocycles. The van der Waals surface area contributed by atoms with Crippen molar-refractivity contribution in [2.45, 2.75) is 11.4 Å². The number of thioether (sulfide) groups is 1. The molecule has 1 amide bonds. The first-order valence-electron chi connectivity index (χ1n) is 10.3. The van der Waals surface area contributed by atoms with E-state index in [1.807, 2.05) is 48.5 Å². The minimum atomic E-state index is -0.0683. The second kappa shape index (κ2) is 9.18. The zero-order valence-electron chi connectivity index (χ0n) is 17.2. The van der Waals surface area contributed by atoms with Crippen LogP contribution in [-0.2, 0) is 11.3 Å². The van der Waals surface area contributed by atoms with Crippen LogP contribution < -0.4 is 14.8 Å². The average Bonchev–Trinajstić information content (AvgIpc) is 3.16. The number of nitrogens with one attached hydrogen (secondary N) is 1. The van der Waals surface area contributed by atoms with Crippen molar-refractivity contribution in [3.05, 3.63) is 83.5 Å². The summed E-state index contributed by atoms with van der Waals surface area (Å²) in [6.45, 7) is 1.79. The molecule has 2 heterocycles. The number of hydrogen-bond acceptors (Lipinski definition) is 4. The van der Waals surface area contributed by atoms with Crippen molar-refractivity contribution < 1.29 is 14.3 Å². The average molecular weight is 465 g/mol. The number of carbonyl (C=O) groups excluding carboxylic acids is 1. The molecule has 0 saturated heterocycles. The summed E-state index contributed by atoms with van der Waals surface area (Å²) in [7, 11) is 0. The number of ether oxygens (including phenoxy) is 2.